The van der Waals surface area contributed by atoms with Gasteiger partial charge in [0.05, 0.1) is 12.8 Å². The molecule has 0 aliphatic rings. The highest BCUT2D eigenvalue weighted by atomic mass is 16.5. The summed E-state index contributed by atoms with van der Waals surface area (Å²) in [6.45, 7) is 4.22. The molecule has 3 rings (SSSR count). The number of para-hydroxylation sites is 2. The Morgan fingerprint density at radius 2 is 1.85 bits per heavy atom. The van der Waals surface area contributed by atoms with Gasteiger partial charge in [-0.1, -0.05) is 48.5 Å². The molecule has 1 amide bonds. The van der Waals surface area contributed by atoms with Gasteiger partial charge in [0.25, 0.3) is 5.91 Å². The lowest BCUT2D eigenvalue weighted by molar-refractivity contribution is 0.102. The van der Waals surface area contributed by atoms with Crippen molar-refractivity contribution in [2.75, 3.05) is 24.3 Å². The van der Waals surface area contributed by atoms with Crippen molar-refractivity contribution in [2.24, 2.45) is 0 Å². The molecule has 0 bridgehead atoms. The molecule has 0 spiro atoms. The molecule has 0 radical (unpaired) electrons. The number of rotatable bonds is 7. The minimum Gasteiger partial charge on any atom is -0.495 e. The highest BCUT2D eigenvalue weighted by Crippen LogP contribution is 2.24. The normalized spacial score (nSPS) is 10.1. The van der Waals surface area contributed by atoms with Gasteiger partial charge in [-0.05, 0) is 12.1 Å². The summed E-state index contributed by atoms with van der Waals surface area (Å²) in [6.07, 6.45) is 1.72. The van der Waals surface area contributed by atoms with Crippen molar-refractivity contribution >= 4 is 17.4 Å². The van der Waals surface area contributed by atoms with Gasteiger partial charge >= 0.3 is 0 Å². The zero-order valence-corrected chi connectivity index (χ0v) is 15.0. The Bertz CT molecular complexity index is 942. The second kappa shape index (κ2) is 8.62. The third-order valence-electron chi connectivity index (χ3n) is 3.77. The largest absolute Gasteiger partial charge is 0.495 e. The number of anilines is 2. The van der Waals surface area contributed by atoms with Crippen molar-refractivity contribution in [1.82, 2.24) is 9.97 Å². The summed E-state index contributed by atoms with van der Waals surface area (Å²) in [4.78, 5) is 21.7. The fraction of sp³-hybridized carbons (Fsp3) is 0.0952. The monoisotopic (exact) mass is 360 g/mol. The molecule has 0 atom stereocenters. The van der Waals surface area contributed by atoms with Crippen LogP contribution in [0.4, 0.5) is 11.5 Å². The zero-order chi connectivity index (χ0) is 19.1. The van der Waals surface area contributed by atoms with Gasteiger partial charge in [0.1, 0.15) is 17.3 Å². The predicted octanol–water partition coefficient (Wildman–Crippen LogP) is 4.00. The number of methoxy groups -OCH3 is 1. The van der Waals surface area contributed by atoms with Crippen LogP contribution in [-0.2, 0) is 0 Å². The molecule has 136 valence electrons. The van der Waals surface area contributed by atoms with Crippen LogP contribution in [-0.4, -0.2) is 29.5 Å². The van der Waals surface area contributed by atoms with E-state index in [1.54, 1.807) is 31.4 Å². The quantitative estimate of drug-likeness (QED) is 0.623. The van der Waals surface area contributed by atoms with E-state index in [-0.39, 0.29) is 11.6 Å². The fourth-order valence-electron chi connectivity index (χ4n) is 2.48. The topological polar surface area (TPSA) is 76.1 Å². The number of carbonyl (C=O) groups is 1. The number of carbonyl (C=O) groups excluding carboxylic acids is 1. The molecule has 6 nitrogen and oxygen atoms in total. The molecule has 0 fully saturated rings. The summed E-state index contributed by atoms with van der Waals surface area (Å²) in [6, 6.07) is 18.3. The molecule has 0 saturated carbocycles. The number of aromatic nitrogens is 2. The number of nitrogens with one attached hydrogen (secondary N) is 2. The van der Waals surface area contributed by atoms with E-state index in [0.29, 0.717) is 29.6 Å². The highest BCUT2D eigenvalue weighted by molar-refractivity contribution is 6.04. The van der Waals surface area contributed by atoms with Crippen molar-refractivity contribution < 1.29 is 9.53 Å². The van der Waals surface area contributed by atoms with Crippen LogP contribution in [0.2, 0.25) is 0 Å². The first kappa shape index (κ1) is 18.1. The number of hydrogen-bond acceptors (Lipinski definition) is 5. The molecule has 2 N–H and O–H groups in total. The van der Waals surface area contributed by atoms with Crippen LogP contribution in [0, 0.1) is 0 Å². The summed E-state index contributed by atoms with van der Waals surface area (Å²) in [5.74, 6) is 1.25. The van der Waals surface area contributed by atoms with E-state index in [1.807, 2.05) is 42.5 Å². The Labute approximate surface area is 157 Å². The number of benzene rings is 2. The van der Waals surface area contributed by atoms with Crippen LogP contribution in [0.15, 0.2) is 73.3 Å². The van der Waals surface area contributed by atoms with Gasteiger partial charge < -0.3 is 15.4 Å². The molecular weight excluding hydrogens is 340 g/mol. The molecule has 0 aliphatic carbocycles. The summed E-state index contributed by atoms with van der Waals surface area (Å²) >= 11 is 0. The predicted molar refractivity (Wildman–Crippen MR) is 107 cm³/mol. The molecule has 1 aromatic heterocycles. The first-order chi connectivity index (χ1) is 13.2. The lowest BCUT2D eigenvalue weighted by Gasteiger charge is -2.11. The Kier molecular flexibility index (Phi) is 5.79. The second-order valence-corrected chi connectivity index (χ2v) is 5.65. The van der Waals surface area contributed by atoms with Crippen molar-refractivity contribution in [1.29, 1.82) is 0 Å². The summed E-state index contributed by atoms with van der Waals surface area (Å²) in [7, 11) is 1.56. The van der Waals surface area contributed by atoms with Crippen molar-refractivity contribution in [3.05, 3.63) is 79.0 Å². The molecule has 1 heterocycles. The highest BCUT2D eigenvalue weighted by Gasteiger charge is 2.14. The van der Waals surface area contributed by atoms with Crippen LogP contribution >= 0.6 is 0 Å². The maximum absolute atomic E-state index is 12.8. The van der Waals surface area contributed by atoms with Gasteiger partial charge in [0.2, 0.25) is 0 Å². The second-order valence-electron chi connectivity index (χ2n) is 5.65. The van der Waals surface area contributed by atoms with E-state index >= 15 is 0 Å². The van der Waals surface area contributed by atoms with Gasteiger partial charge in [-0.15, -0.1) is 6.58 Å². The Balaban J connectivity index is 1.95. The van der Waals surface area contributed by atoms with Crippen molar-refractivity contribution in [3.63, 3.8) is 0 Å². The van der Waals surface area contributed by atoms with Crippen LogP contribution in [0.25, 0.3) is 11.4 Å². The summed E-state index contributed by atoms with van der Waals surface area (Å²) in [5.41, 5.74) is 1.65. The van der Waals surface area contributed by atoms with Crippen LogP contribution < -0.4 is 15.4 Å². The van der Waals surface area contributed by atoms with Gasteiger partial charge in [0, 0.05) is 18.2 Å². The average molecular weight is 360 g/mol. The summed E-state index contributed by atoms with van der Waals surface area (Å²) < 4.78 is 5.28. The molecule has 0 unspecified atom stereocenters. The first-order valence-electron chi connectivity index (χ1n) is 8.45. The first-order valence-corrected chi connectivity index (χ1v) is 8.45. The molecule has 2 aromatic carbocycles. The Morgan fingerprint density at radius 3 is 2.59 bits per heavy atom. The Hall–Kier alpha value is -3.67. The van der Waals surface area contributed by atoms with Crippen molar-refractivity contribution in [2.45, 2.75) is 0 Å². The van der Waals surface area contributed by atoms with Crippen LogP contribution in [0.3, 0.4) is 0 Å². The fourth-order valence-corrected chi connectivity index (χ4v) is 2.48. The van der Waals surface area contributed by atoms with E-state index in [2.05, 4.69) is 27.2 Å². The zero-order valence-electron chi connectivity index (χ0n) is 15.0. The lowest BCUT2D eigenvalue weighted by atomic mass is 10.2. The third kappa shape index (κ3) is 4.49. The Morgan fingerprint density at radius 1 is 1.11 bits per heavy atom. The van der Waals surface area contributed by atoms with E-state index in [9.17, 15) is 4.79 Å². The SMILES string of the molecule is C=CCNc1cc(C(=O)Nc2ccccc2OC)nc(-c2ccccc2)n1. The van der Waals surface area contributed by atoms with E-state index < -0.39 is 0 Å². The lowest BCUT2D eigenvalue weighted by Crippen LogP contribution is -2.16. The molecule has 3 aromatic rings. The maximum atomic E-state index is 12.8. The van der Waals surface area contributed by atoms with Crippen molar-refractivity contribution in [3.8, 4) is 17.1 Å². The van der Waals surface area contributed by atoms with Gasteiger partial charge in [-0.25, -0.2) is 9.97 Å². The van der Waals surface area contributed by atoms with Crippen LogP contribution in [0.1, 0.15) is 10.5 Å². The molecule has 0 aliphatic heterocycles. The molecule has 0 saturated heterocycles. The van der Waals surface area contributed by atoms with Gasteiger partial charge in [0.15, 0.2) is 5.82 Å². The number of amides is 1. The van der Waals surface area contributed by atoms with Gasteiger partial charge in [-0.2, -0.15) is 0 Å². The van der Waals surface area contributed by atoms with Crippen LogP contribution in [0.5, 0.6) is 5.75 Å². The van der Waals surface area contributed by atoms with E-state index in [0.717, 1.165) is 5.56 Å². The minimum absolute atomic E-state index is 0.251. The molecule has 27 heavy (non-hydrogen) atoms. The standard InChI is InChI=1S/C21H20N4O2/c1-3-13-22-19-14-17(23-20(25-19)15-9-5-4-6-10-15)21(26)24-16-11-7-8-12-18(16)27-2/h3-12,14H,1,13H2,2H3,(H,24,26)(H,22,23,25). The van der Waals surface area contributed by atoms with E-state index in [1.165, 1.54) is 0 Å². The maximum Gasteiger partial charge on any atom is 0.274 e. The minimum atomic E-state index is -0.347. The van der Waals surface area contributed by atoms with E-state index in [4.69, 9.17) is 4.74 Å². The smallest absolute Gasteiger partial charge is 0.274 e. The average Bonchev–Trinajstić information content (AvgIpc) is 2.73. The third-order valence-corrected chi connectivity index (χ3v) is 3.77. The number of hydrogen-bond donors (Lipinski definition) is 2. The van der Waals surface area contributed by atoms with Gasteiger partial charge in [-0.3, -0.25) is 4.79 Å². The molecule has 6 heteroatoms. The number of ether oxygens (including phenoxy) is 1. The summed E-state index contributed by atoms with van der Waals surface area (Å²) in [5, 5.41) is 5.95. The number of nitrogens with zero attached hydrogens (tertiary/aromatic N) is 2. The molecular formula is C21H20N4O2.